The van der Waals surface area contributed by atoms with E-state index in [1.54, 1.807) is 6.92 Å². The van der Waals surface area contributed by atoms with E-state index in [9.17, 15) is 10.0 Å². The van der Waals surface area contributed by atoms with Gasteiger partial charge in [-0.15, -0.1) is 0 Å². The predicted molar refractivity (Wildman–Crippen MR) is 95.9 cm³/mol. The summed E-state index contributed by atoms with van der Waals surface area (Å²) in [6.07, 6.45) is -0.386. The monoisotopic (exact) mass is 357 g/mol. The van der Waals surface area contributed by atoms with Crippen LogP contribution < -0.4 is 15.8 Å². The minimum Gasteiger partial charge on any atom is -0.457 e. The third-order valence-corrected chi connectivity index (χ3v) is 4.64. The highest BCUT2D eigenvalue weighted by atomic mass is 16.6. The Balaban J connectivity index is 1.72. The van der Waals surface area contributed by atoms with Gasteiger partial charge in [0.1, 0.15) is 23.3 Å². The molecule has 26 heavy (non-hydrogen) atoms. The van der Waals surface area contributed by atoms with Crippen molar-refractivity contribution in [2.75, 3.05) is 6.54 Å². The van der Waals surface area contributed by atoms with Crippen LogP contribution in [0, 0.1) is 0 Å². The number of ether oxygens (including phenoxy) is 2. The van der Waals surface area contributed by atoms with Crippen molar-refractivity contribution >= 4 is 6.03 Å². The molecule has 1 aliphatic rings. The van der Waals surface area contributed by atoms with E-state index in [4.69, 9.17) is 15.2 Å². The fourth-order valence-electron chi connectivity index (χ4n) is 2.90. The SMILES string of the molecule is CC(N(O)C(N)=O)C1(C)CNC(c2cccc(Oc3ccccc3)c2)O1. The lowest BCUT2D eigenvalue weighted by Crippen LogP contribution is -2.53. The second kappa shape index (κ2) is 7.33. The lowest BCUT2D eigenvalue weighted by atomic mass is 9.98. The second-order valence-corrected chi connectivity index (χ2v) is 6.54. The molecule has 0 radical (unpaired) electrons. The molecule has 0 bridgehead atoms. The van der Waals surface area contributed by atoms with Gasteiger partial charge in [-0.05, 0) is 43.7 Å². The lowest BCUT2D eigenvalue weighted by molar-refractivity contribution is -0.149. The maximum atomic E-state index is 11.2. The standard InChI is InChI=1S/C19H23N3O4/c1-13(22(24)18(20)23)19(2)12-21-17(26-19)14-7-6-10-16(11-14)25-15-8-4-3-5-9-15/h3-11,13,17,21,24H,12H2,1-2H3,(H2,20,23). The first-order chi connectivity index (χ1) is 12.4. The van der Waals surface area contributed by atoms with Crippen molar-refractivity contribution < 1.29 is 19.5 Å². The average Bonchev–Trinajstić information content (AvgIpc) is 3.05. The van der Waals surface area contributed by atoms with Crippen LogP contribution in [0.2, 0.25) is 0 Å². The smallest absolute Gasteiger partial charge is 0.338 e. The molecule has 0 aliphatic carbocycles. The highest BCUT2D eigenvalue weighted by Crippen LogP contribution is 2.34. The quantitative estimate of drug-likeness (QED) is 0.564. The van der Waals surface area contributed by atoms with E-state index in [0.717, 1.165) is 11.3 Å². The van der Waals surface area contributed by atoms with Gasteiger partial charge in [0.05, 0.1) is 6.04 Å². The first kappa shape index (κ1) is 18.2. The number of amides is 2. The van der Waals surface area contributed by atoms with Crippen LogP contribution >= 0.6 is 0 Å². The summed E-state index contributed by atoms with van der Waals surface area (Å²) in [6.45, 7) is 3.96. The van der Waals surface area contributed by atoms with Gasteiger partial charge in [-0.2, -0.15) is 0 Å². The van der Waals surface area contributed by atoms with Gasteiger partial charge in [0.2, 0.25) is 0 Å². The van der Waals surface area contributed by atoms with Crippen LogP contribution in [-0.4, -0.2) is 34.5 Å². The average molecular weight is 357 g/mol. The van der Waals surface area contributed by atoms with E-state index >= 15 is 0 Å². The molecule has 7 nitrogen and oxygen atoms in total. The summed E-state index contributed by atoms with van der Waals surface area (Å²) in [7, 11) is 0. The summed E-state index contributed by atoms with van der Waals surface area (Å²) < 4.78 is 12.0. The Morgan fingerprint density at radius 3 is 2.69 bits per heavy atom. The van der Waals surface area contributed by atoms with Gasteiger partial charge in [0.25, 0.3) is 0 Å². The lowest BCUT2D eigenvalue weighted by Gasteiger charge is -2.34. The van der Waals surface area contributed by atoms with Gasteiger partial charge in [-0.3, -0.25) is 10.5 Å². The number of hydrogen-bond acceptors (Lipinski definition) is 5. The predicted octanol–water partition coefficient (Wildman–Crippen LogP) is 3.01. The Morgan fingerprint density at radius 1 is 1.31 bits per heavy atom. The van der Waals surface area contributed by atoms with Gasteiger partial charge in [-0.1, -0.05) is 30.3 Å². The molecule has 2 amide bonds. The summed E-state index contributed by atoms with van der Waals surface area (Å²) >= 11 is 0. The summed E-state index contributed by atoms with van der Waals surface area (Å²) in [5, 5.41) is 13.6. The van der Waals surface area contributed by atoms with Crippen LogP contribution in [0.15, 0.2) is 54.6 Å². The summed E-state index contributed by atoms with van der Waals surface area (Å²) in [5.74, 6) is 1.45. The molecule has 2 aromatic carbocycles. The topological polar surface area (TPSA) is 97.1 Å². The van der Waals surface area contributed by atoms with E-state index in [2.05, 4.69) is 5.32 Å². The molecule has 1 saturated heterocycles. The number of nitrogens with two attached hydrogens (primary N) is 1. The number of carbonyl (C=O) groups excluding carboxylic acids is 1. The Kier molecular flexibility index (Phi) is 5.13. The fraction of sp³-hybridized carbons (Fsp3) is 0.316. The molecule has 138 valence electrons. The Bertz CT molecular complexity index is 770. The molecule has 7 heteroatoms. The largest absolute Gasteiger partial charge is 0.457 e. The fourth-order valence-corrected chi connectivity index (χ4v) is 2.90. The summed E-state index contributed by atoms with van der Waals surface area (Å²) in [6, 6.07) is 15.6. The van der Waals surface area contributed by atoms with E-state index in [0.29, 0.717) is 17.4 Å². The molecular formula is C19H23N3O4. The second-order valence-electron chi connectivity index (χ2n) is 6.54. The number of benzene rings is 2. The molecule has 0 aromatic heterocycles. The number of primary amides is 1. The van der Waals surface area contributed by atoms with Gasteiger partial charge >= 0.3 is 6.03 Å². The Morgan fingerprint density at radius 2 is 2.00 bits per heavy atom. The summed E-state index contributed by atoms with van der Waals surface area (Å²) in [4.78, 5) is 11.2. The Hall–Kier alpha value is -2.61. The van der Waals surface area contributed by atoms with Gasteiger partial charge in [0, 0.05) is 6.54 Å². The third kappa shape index (κ3) is 3.80. The number of nitrogens with zero attached hydrogens (tertiary/aromatic N) is 1. The van der Waals surface area contributed by atoms with Crippen molar-refractivity contribution in [1.29, 1.82) is 0 Å². The molecular weight excluding hydrogens is 334 g/mol. The Labute approximate surface area is 152 Å². The molecule has 1 aliphatic heterocycles. The van der Waals surface area contributed by atoms with Crippen molar-refractivity contribution in [3.63, 3.8) is 0 Å². The highest BCUT2D eigenvalue weighted by Gasteiger charge is 2.44. The third-order valence-electron chi connectivity index (χ3n) is 4.64. The number of hydrogen-bond donors (Lipinski definition) is 3. The van der Waals surface area contributed by atoms with Crippen LogP contribution in [0.5, 0.6) is 11.5 Å². The molecule has 1 heterocycles. The number of para-hydroxylation sites is 1. The maximum Gasteiger partial charge on any atom is 0.338 e. The zero-order valence-corrected chi connectivity index (χ0v) is 14.8. The van der Waals surface area contributed by atoms with Crippen molar-refractivity contribution in [3.05, 3.63) is 60.2 Å². The molecule has 3 atom stereocenters. The molecule has 2 aromatic rings. The normalized spacial score (nSPS) is 23.4. The number of urea groups is 1. The number of hydroxylamine groups is 2. The highest BCUT2D eigenvalue weighted by molar-refractivity contribution is 5.71. The van der Waals surface area contributed by atoms with Gasteiger partial charge < -0.3 is 15.2 Å². The van der Waals surface area contributed by atoms with Gasteiger partial charge in [-0.25, -0.2) is 9.86 Å². The molecule has 0 spiro atoms. The molecule has 3 rings (SSSR count). The summed E-state index contributed by atoms with van der Waals surface area (Å²) in [5.41, 5.74) is 5.25. The van der Waals surface area contributed by atoms with E-state index in [-0.39, 0.29) is 6.23 Å². The minimum atomic E-state index is -0.913. The van der Waals surface area contributed by atoms with E-state index in [1.807, 2.05) is 61.5 Å². The molecule has 3 unspecified atom stereocenters. The number of rotatable bonds is 5. The zero-order chi connectivity index (χ0) is 18.7. The zero-order valence-electron chi connectivity index (χ0n) is 14.8. The van der Waals surface area contributed by atoms with E-state index in [1.165, 1.54) is 0 Å². The van der Waals surface area contributed by atoms with Crippen LogP contribution in [0.1, 0.15) is 25.6 Å². The first-order valence-corrected chi connectivity index (χ1v) is 8.41. The van der Waals surface area contributed by atoms with Crippen LogP contribution in [0.25, 0.3) is 0 Å². The maximum absolute atomic E-state index is 11.2. The number of carbonyl (C=O) groups is 1. The minimum absolute atomic E-state index is 0.386. The molecule has 1 fully saturated rings. The first-order valence-electron chi connectivity index (χ1n) is 8.41. The van der Waals surface area contributed by atoms with Crippen molar-refractivity contribution in [2.45, 2.75) is 31.7 Å². The van der Waals surface area contributed by atoms with Crippen molar-refractivity contribution in [1.82, 2.24) is 10.4 Å². The van der Waals surface area contributed by atoms with Crippen LogP contribution in [0.3, 0.4) is 0 Å². The van der Waals surface area contributed by atoms with Crippen LogP contribution in [0.4, 0.5) is 4.79 Å². The van der Waals surface area contributed by atoms with Gasteiger partial charge in [0.15, 0.2) is 0 Å². The molecule has 0 saturated carbocycles. The van der Waals surface area contributed by atoms with Crippen LogP contribution in [-0.2, 0) is 4.74 Å². The molecule has 4 N–H and O–H groups in total. The van der Waals surface area contributed by atoms with E-state index < -0.39 is 17.7 Å². The van der Waals surface area contributed by atoms with Crippen molar-refractivity contribution in [2.24, 2.45) is 5.73 Å². The number of nitrogens with one attached hydrogen (secondary N) is 1. The van der Waals surface area contributed by atoms with Crippen molar-refractivity contribution in [3.8, 4) is 11.5 Å².